The molecule has 0 unspecified atom stereocenters. The summed E-state index contributed by atoms with van der Waals surface area (Å²) in [6.45, 7) is 1.74. The van der Waals surface area contributed by atoms with Crippen LogP contribution in [0.5, 0.6) is 5.75 Å². The summed E-state index contributed by atoms with van der Waals surface area (Å²) < 4.78 is 20.6. The number of esters is 1. The number of ether oxygens (including phenoxy) is 1. The highest BCUT2D eigenvalue weighted by Gasteiger charge is 2.29. The summed E-state index contributed by atoms with van der Waals surface area (Å²) in [7, 11) is 0. The van der Waals surface area contributed by atoms with E-state index >= 15 is 0 Å². The molecule has 8 heteroatoms. The van der Waals surface area contributed by atoms with Gasteiger partial charge in [-0.1, -0.05) is 18.2 Å². The van der Waals surface area contributed by atoms with Crippen molar-refractivity contribution in [3.63, 3.8) is 0 Å². The summed E-state index contributed by atoms with van der Waals surface area (Å²) in [6.07, 6.45) is 0. The number of nitriles is 1. The van der Waals surface area contributed by atoms with Crippen molar-refractivity contribution in [2.45, 2.75) is 6.92 Å². The Morgan fingerprint density at radius 1 is 1.23 bits per heavy atom. The second-order valence-electron chi connectivity index (χ2n) is 6.56. The van der Waals surface area contributed by atoms with Gasteiger partial charge in [0, 0.05) is 11.3 Å². The first kappa shape index (κ1) is 20.6. The zero-order valence-corrected chi connectivity index (χ0v) is 17.9. The molecule has 2 aromatic carbocycles. The number of carbonyl (C=O) groups is 1. The summed E-state index contributed by atoms with van der Waals surface area (Å²) in [5.74, 6) is -1.67. The first-order chi connectivity index (χ1) is 15.0. The molecule has 2 heterocycles. The molecule has 0 amide bonds. The van der Waals surface area contributed by atoms with Gasteiger partial charge < -0.3 is 14.4 Å². The van der Waals surface area contributed by atoms with Crippen LogP contribution in [0.1, 0.15) is 23.0 Å². The fraction of sp³-hybridized carbons (Fsp3) is 0.0870. The molecule has 0 saturated heterocycles. The Bertz CT molecular complexity index is 1340. The van der Waals surface area contributed by atoms with Gasteiger partial charge in [-0.15, -0.1) is 0 Å². The zero-order valence-electron chi connectivity index (χ0n) is 16.3. The maximum absolute atomic E-state index is 13.6. The summed E-state index contributed by atoms with van der Waals surface area (Å²) in [4.78, 5) is 16.5. The predicted molar refractivity (Wildman–Crippen MR) is 117 cm³/mol. The van der Waals surface area contributed by atoms with Crippen LogP contribution in [0.2, 0.25) is 0 Å². The molecule has 0 bridgehead atoms. The van der Waals surface area contributed by atoms with Crippen molar-refractivity contribution in [1.82, 2.24) is 9.55 Å². The van der Waals surface area contributed by atoms with Crippen LogP contribution in [0, 0.1) is 17.1 Å². The van der Waals surface area contributed by atoms with Gasteiger partial charge in [0.25, 0.3) is 0 Å². The van der Waals surface area contributed by atoms with Gasteiger partial charge in [-0.3, -0.25) is 0 Å². The third-order valence-electron chi connectivity index (χ3n) is 4.75. The number of rotatable bonds is 4. The molecule has 0 fully saturated rings. The third kappa shape index (κ3) is 3.43. The number of aromatic nitrogens is 2. The maximum Gasteiger partial charge on any atom is 0.360 e. The average Bonchev–Trinajstić information content (AvgIpc) is 3.13. The van der Waals surface area contributed by atoms with E-state index in [4.69, 9.17) is 4.74 Å². The second kappa shape index (κ2) is 8.20. The van der Waals surface area contributed by atoms with Crippen molar-refractivity contribution >= 4 is 32.8 Å². The van der Waals surface area contributed by atoms with Crippen molar-refractivity contribution in [3.8, 4) is 28.8 Å². The Morgan fingerprint density at radius 3 is 2.52 bits per heavy atom. The highest BCUT2D eigenvalue weighted by molar-refractivity contribution is 9.10. The molecule has 0 aliphatic rings. The highest BCUT2D eigenvalue weighted by Crippen LogP contribution is 2.43. The molecule has 0 radical (unpaired) electrons. The summed E-state index contributed by atoms with van der Waals surface area (Å²) in [5.41, 5.74) is 1.90. The molecule has 0 aliphatic carbocycles. The largest absolute Gasteiger partial charge is 0.505 e. The Balaban J connectivity index is 2.19. The molecule has 0 aliphatic heterocycles. The van der Waals surface area contributed by atoms with E-state index in [0.717, 1.165) is 0 Å². The van der Waals surface area contributed by atoms with Crippen LogP contribution in [0.4, 0.5) is 4.39 Å². The zero-order chi connectivity index (χ0) is 22.1. The van der Waals surface area contributed by atoms with Gasteiger partial charge in [0.15, 0.2) is 11.4 Å². The van der Waals surface area contributed by atoms with Crippen LogP contribution in [-0.4, -0.2) is 27.2 Å². The van der Waals surface area contributed by atoms with Gasteiger partial charge in [0.05, 0.1) is 28.8 Å². The molecule has 4 rings (SSSR count). The summed E-state index contributed by atoms with van der Waals surface area (Å²) in [6, 6.07) is 17.0. The van der Waals surface area contributed by atoms with E-state index in [1.807, 2.05) is 30.3 Å². The van der Waals surface area contributed by atoms with Crippen LogP contribution in [0.15, 0.2) is 59.2 Å². The molecule has 0 atom stereocenters. The van der Waals surface area contributed by atoms with Gasteiger partial charge >= 0.3 is 5.97 Å². The average molecular weight is 480 g/mol. The van der Waals surface area contributed by atoms with Crippen LogP contribution in [0.3, 0.4) is 0 Å². The van der Waals surface area contributed by atoms with E-state index < -0.39 is 17.5 Å². The molecule has 154 valence electrons. The molecule has 2 aromatic heterocycles. The number of aromatic hydroxyl groups is 1. The maximum atomic E-state index is 13.6. The molecule has 1 N–H and O–H groups in total. The molecular formula is C23H15BrFN3O3. The Kier molecular flexibility index (Phi) is 5.44. The van der Waals surface area contributed by atoms with Gasteiger partial charge in [0.2, 0.25) is 0 Å². The van der Waals surface area contributed by atoms with Crippen LogP contribution >= 0.6 is 15.9 Å². The van der Waals surface area contributed by atoms with E-state index in [1.165, 1.54) is 12.1 Å². The fourth-order valence-electron chi connectivity index (χ4n) is 3.49. The minimum absolute atomic E-state index is 0.104. The first-order valence-corrected chi connectivity index (χ1v) is 10.1. The number of hydrogen-bond donors (Lipinski definition) is 1. The normalized spacial score (nSPS) is 10.8. The minimum atomic E-state index is -0.803. The standard InChI is InChI=1S/C23H15BrFN3O3/c1-2-31-23(30)18-21(29)17-16(12-26)19(13-8-10-14(25)11-9-13)28(20(17)22(24)27-18)15-6-4-3-5-7-15/h3-11,29H,2H2,1H3. The van der Waals surface area contributed by atoms with Crippen molar-refractivity contribution in [3.05, 3.63) is 76.3 Å². The minimum Gasteiger partial charge on any atom is -0.505 e. The summed E-state index contributed by atoms with van der Waals surface area (Å²) >= 11 is 3.39. The van der Waals surface area contributed by atoms with Crippen LogP contribution in [0.25, 0.3) is 27.8 Å². The second-order valence-corrected chi connectivity index (χ2v) is 7.31. The van der Waals surface area contributed by atoms with E-state index in [-0.39, 0.29) is 27.9 Å². The van der Waals surface area contributed by atoms with E-state index in [9.17, 15) is 19.6 Å². The van der Waals surface area contributed by atoms with Gasteiger partial charge in [-0.05, 0) is 59.3 Å². The van der Waals surface area contributed by atoms with Crippen LogP contribution < -0.4 is 0 Å². The lowest BCUT2D eigenvalue weighted by Crippen LogP contribution is -2.08. The number of hydrogen-bond acceptors (Lipinski definition) is 5. The van der Waals surface area contributed by atoms with Gasteiger partial charge in [0.1, 0.15) is 16.5 Å². The van der Waals surface area contributed by atoms with Crippen molar-refractivity contribution in [1.29, 1.82) is 5.26 Å². The smallest absolute Gasteiger partial charge is 0.360 e. The number of benzene rings is 2. The molecular weight excluding hydrogens is 465 g/mol. The van der Waals surface area contributed by atoms with Crippen molar-refractivity contribution in [2.24, 2.45) is 0 Å². The lowest BCUT2D eigenvalue weighted by atomic mass is 10.1. The number of nitrogens with zero attached hydrogens (tertiary/aromatic N) is 3. The predicted octanol–water partition coefficient (Wildman–Crippen LogP) is 5.35. The van der Waals surface area contributed by atoms with Gasteiger partial charge in [-0.25, -0.2) is 14.2 Å². The van der Waals surface area contributed by atoms with Crippen LogP contribution in [-0.2, 0) is 4.74 Å². The first-order valence-electron chi connectivity index (χ1n) is 9.33. The van der Waals surface area contributed by atoms with Gasteiger partial charge in [-0.2, -0.15) is 5.26 Å². The molecule has 31 heavy (non-hydrogen) atoms. The monoisotopic (exact) mass is 479 g/mol. The lowest BCUT2D eigenvalue weighted by Gasteiger charge is -2.12. The number of carbonyl (C=O) groups excluding carboxylic acids is 1. The van der Waals surface area contributed by atoms with Crippen molar-refractivity contribution < 1.29 is 19.0 Å². The number of pyridine rings is 1. The van der Waals surface area contributed by atoms with E-state index in [0.29, 0.717) is 22.5 Å². The SMILES string of the molecule is CCOC(=O)c1nc(Br)c2c(c1O)c(C#N)c(-c1ccc(F)cc1)n2-c1ccccc1. The number of fused-ring (bicyclic) bond motifs is 1. The lowest BCUT2D eigenvalue weighted by molar-refractivity contribution is 0.0516. The Morgan fingerprint density at radius 2 is 1.90 bits per heavy atom. The number of halogens is 2. The molecule has 0 saturated carbocycles. The fourth-order valence-corrected chi connectivity index (χ4v) is 4.04. The molecule has 4 aromatic rings. The number of para-hydroxylation sites is 1. The van der Waals surface area contributed by atoms with Crippen molar-refractivity contribution in [2.75, 3.05) is 6.61 Å². The van der Waals surface area contributed by atoms with E-state index in [2.05, 4.69) is 27.0 Å². The Labute approximate surface area is 185 Å². The topological polar surface area (TPSA) is 88.1 Å². The van der Waals surface area contributed by atoms with E-state index in [1.54, 1.807) is 23.6 Å². The highest BCUT2D eigenvalue weighted by atomic mass is 79.9. The quantitative estimate of drug-likeness (QED) is 0.314. The summed E-state index contributed by atoms with van der Waals surface area (Å²) in [5, 5.41) is 21.1. The molecule has 6 nitrogen and oxygen atoms in total. The Hall–Kier alpha value is -3.70. The third-order valence-corrected chi connectivity index (χ3v) is 5.30. The molecule has 0 spiro atoms.